The maximum Gasteiger partial charge on any atom is 0.270 e. The van der Waals surface area contributed by atoms with Gasteiger partial charge in [-0.1, -0.05) is 6.07 Å². The van der Waals surface area contributed by atoms with Crippen molar-refractivity contribution in [1.29, 1.82) is 0 Å². The van der Waals surface area contributed by atoms with E-state index in [4.69, 9.17) is 9.47 Å². The fourth-order valence-corrected chi connectivity index (χ4v) is 4.28. The number of ether oxygens (including phenoxy) is 2. The van der Waals surface area contributed by atoms with Crippen LogP contribution in [0.25, 0.3) is 0 Å². The van der Waals surface area contributed by atoms with E-state index in [9.17, 15) is 13.2 Å². The summed E-state index contributed by atoms with van der Waals surface area (Å²) in [6.45, 7) is 4.82. The number of hydrogen-bond acceptors (Lipinski definition) is 6. The van der Waals surface area contributed by atoms with E-state index >= 15 is 0 Å². The van der Waals surface area contributed by atoms with Gasteiger partial charge >= 0.3 is 0 Å². The second-order valence-corrected chi connectivity index (χ2v) is 9.94. The van der Waals surface area contributed by atoms with Crippen LogP contribution in [0.5, 0.6) is 11.5 Å². The molecule has 1 amide bonds. The highest BCUT2D eigenvalue weighted by Gasteiger charge is 2.40. The average molecular weight is 448 g/mol. The number of anilines is 1. The molecule has 0 saturated carbocycles. The van der Waals surface area contributed by atoms with Crippen molar-refractivity contribution in [2.45, 2.75) is 30.9 Å². The minimum absolute atomic E-state index is 0.0943. The number of fused-ring (bicyclic) bond motifs is 1. The van der Waals surface area contributed by atoms with Crippen molar-refractivity contribution in [2.75, 3.05) is 39.2 Å². The van der Waals surface area contributed by atoms with E-state index in [0.717, 1.165) is 5.56 Å². The first-order valence-electron chi connectivity index (χ1n) is 9.96. The van der Waals surface area contributed by atoms with Crippen LogP contribution in [0, 0.1) is 0 Å². The van der Waals surface area contributed by atoms with E-state index in [0.29, 0.717) is 30.3 Å². The Morgan fingerprint density at radius 2 is 1.81 bits per heavy atom. The zero-order chi connectivity index (χ0) is 22.8. The summed E-state index contributed by atoms with van der Waals surface area (Å²) in [5, 5.41) is 0. The minimum Gasteiger partial charge on any atom is -0.497 e. The lowest BCUT2D eigenvalue weighted by atomic mass is 10.0. The molecule has 2 aromatic rings. The molecule has 1 heterocycles. The maximum absolute atomic E-state index is 12.8. The monoisotopic (exact) mass is 447 g/mol. The molecule has 0 atom stereocenters. The number of likely N-dealkylation sites (N-methyl/N-ethyl adjacent to an activating group) is 1. The molecule has 1 aliphatic heterocycles. The van der Waals surface area contributed by atoms with Gasteiger partial charge in [0, 0.05) is 19.6 Å². The minimum atomic E-state index is -3.68. The molecule has 0 radical (unpaired) electrons. The largest absolute Gasteiger partial charge is 0.497 e. The molecule has 3 rings (SSSR count). The van der Waals surface area contributed by atoms with E-state index in [1.54, 1.807) is 49.1 Å². The SMILES string of the molecule is COc1ccc(S(=O)(=O)NCc2ccc3c(c2)OC(C)(C)C(=O)N3CCN(C)C)cc1. The van der Waals surface area contributed by atoms with Gasteiger partial charge in [-0.2, -0.15) is 0 Å². The number of hydrogen-bond donors (Lipinski definition) is 1. The third kappa shape index (κ3) is 5.17. The maximum atomic E-state index is 12.8. The molecule has 8 nitrogen and oxygen atoms in total. The molecule has 0 saturated heterocycles. The predicted octanol–water partition coefficient (Wildman–Crippen LogP) is 2.24. The number of amides is 1. The second kappa shape index (κ2) is 8.86. The summed E-state index contributed by atoms with van der Waals surface area (Å²) >= 11 is 0. The van der Waals surface area contributed by atoms with Crippen molar-refractivity contribution >= 4 is 21.6 Å². The summed E-state index contributed by atoms with van der Waals surface area (Å²) in [6.07, 6.45) is 0. The van der Waals surface area contributed by atoms with Crippen molar-refractivity contribution in [3.05, 3.63) is 48.0 Å². The molecule has 31 heavy (non-hydrogen) atoms. The third-order valence-corrected chi connectivity index (χ3v) is 6.46. The number of nitrogens with zero attached hydrogens (tertiary/aromatic N) is 2. The van der Waals surface area contributed by atoms with Gasteiger partial charge < -0.3 is 19.3 Å². The van der Waals surface area contributed by atoms with Gasteiger partial charge in [0.1, 0.15) is 11.5 Å². The molecular weight excluding hydrogens is 418 g/mol. The van der Waals surface area contributed by atoms with E-state index in [1.165, 1.54) is 19.2 Å². The first-order chi connectivity index (χ1) is 14.5. The van der Waals surface area contributed by atoms with E-state index in [1.807, 2.05) is 19.0 Å². The second-order valence-electron chi connectivity index (χ2n) is 8.17. The number of rotatable bonds is 8. The van der Waals surface area contributed by atoms with Gasteiger partial charge in [-0.25, -0.2) is 13.1 Å². The lowest BCUT2D eigenvalue weighted by Gasteiger charge is -2.39. The Morgan fingerprint density at radius 1 is 1.13 bits per heavy atom. The van der Waals surface area contributed by atoms with Crippen molar-refractivity contribution in [1.82, 2.24) is 9.62 Å². The third-order valence-electron chi connectivity index (χ3n) is 5.05. The Kier molecular flexibility index (Phi) is 6.59. The van der Waals surface area contributed by atoms with E-state index in [2.05, 4.69) is 4.72 Å². The fourth-order valence-electron chi connectivity index (χ4n) is 3.26. The molecule has 1 N–H and O–H groups in total. The van der Waals surface area contributed by atoms with Crippen LogP contribution in [-0.2, 0) is 21.4 Å². The zero-order valence-corrected chi connectivity index (χ0v) is 19.3. The van der Waals surface area contributed by atoms with Crippen LogP contribution in [0.15, 0.2) is 47.4 Å². The molecule has 0 bridgehead atoms. The molecule has 1 aliphatic rings. The van der Waals surface area contributed by atoms with Crippen LogP contribution in [0.4, 0.5) is 5.69 Å². The molecule has 168 valence electrons. The van der Waals surface area contributed by atoms with Gasteiger partial charge in [-0.05, 0) is 69.9 Å². The Bertz CT molecular complexity index is 1050. The lowest BCUT2D eigenvalue weighted by Crippen LogP contribution is -2.53. The number of carbonyl (C=O) groups is 1. The number of nitrogens with one attached hydrogen (secondary N) is 1. The van der Waals surface area contributed by atoms with Gasteiger partial charge in [-0.3, -0.25) is 4.79 Å². The van der Waals surface area contributed by atoms with Gasteiger partial charge in [0.15, 0.2) is 5.60 Å². The molecule has 0 spiro atoms. The van der Waals surface area contributed by atoms with E-state index in [-0.39, 0.29) is 17.3 Å². The van der Waals surface area contributed by atoms with Crippen LogP contribution in [0.1, 0.15) is 19.4 Å². The molecule has 0 aliphatic carbocycles. The number of sulfonamides is 1. The molecule has 9 heteroatoms. The van der Waals surface area contributed by atoms with Crippen LogP contribution in [-0.4, -0.2) is 59.1 Å². The summed E-state index contributed by atoms with van der Waals surface area (Å²) < 4.78 is 38.8. The quantitative estimate of drug-likeness (QED) is 0.668. The molecular formula is C22H29N3O5S. The highest BCUT2D eigenvalue weighted by atomic mass is 32.2. The van der Waals surface area contributed by atoms with Crippen LogP contribution >= 0.6 is 0 Å². The van der Waals surface area contributed by atoms with Crippen LogP contribution in [0.3, 0.4) is 0 Å². The summed E-state index contributed by atoms with van der Waals surface area (Å²) in [5.41, 5.74) is 0.419. The summed E-state index contributed by atoms with van der Waals surface area (Å²) in [6, 6.07) is 11.6. The normalized spacial score (nSPS) is 15.5. The van der Waals surface area contributed by atoms with Crippen molar-refractivity contribution in [3.63, 3.8) is 0 Å². The van der Waals surface area contributed by atoms with E-state index < -0.39 is 15.6 Å². The van der Waals surface area contributed by atoms with Gasteiger partial charge in [0.25, 0.3) is 5.91 Å². The summed E-state index contributed by atoms with van der Waals surface area (Å²) in [5.74, 6) is 1.04. The summed E-state index contributed by atoms with van der Waals surface area (Å²) in [7, 11) is 1.75. The highest BCUT2D eigenvalue weighted by molar-refractivity contribution is 7.89. The van der Waals surface area contributed by atoms with Crippen molar-refractivity contribution in [2.24, 2.45) is 0 Å². The van der Waals surface area contributed by atoms with Crippen LogP contribution < -0.4 is 19.1 Å². The van der Waals surface area contributed by atoms with Crippen LogP contribution in [0.2, 0.25) is 0 Å². The molecule has 0 fully saturated rings. The molecule has 2 aromatic carbocycles. The first-order valence-corrected chi connectivity index (χ1v) is 11.4. The number of methoxy groups -OCH3 is 1. The predicted molar refractivity (Wildman–Crippen MR) is 119 cm³/mol. The molecule has 0 unspecified atom stereocenters. The zero-order valence-electron chi connectivity index (χ0n) is 18.5. The Labute approximate surface area is 183 Å². The van der Waals surface area contributed by atoms with Gasteiger partial charge in [-0.15, -0.1) is 0 Å². The molecule has 0 aromatic heterocycles. The highest BCUT2D eigenvalue weighted by Crippen LogP contribution is 2.38. The van der Waals surface area contributed by atoms with Gasteiger partial charge in [0.05, 0.1) is 17.7 Å². The number of carbonyl (C=O) groups excluding carboxylic acids is 1. The van der Waals surface area contributed by atoms with Gasteiger partial charge in [0.2, 0.25) is 10.0 Å². The summed E-state index contributed by atoms with van der Waals surface area (Å²) in [4.78, 5) is 16.7. The lowest BCUT2D eigenvalue weighted by molar-refractivity contribution is -0.132. The van der Waals surface area contributed by atoms with Crippen molar-refractivity contribution in [3.8, 4) is 11.5 Å². The topological polar surface area (TPSA) is 88.2 Å². The standard InChI is InChI=1S/C22H29N3O5S/c1-22(2)21(26)25(13-12-24(3)4)19-11-6-16(14-20(19)30-22)15-23-31(27,28)18-9-7-17(29-5)8-10-18/h6-11,14,23H,12-13,15H2,1-5H3. The average Bonchev–Trinajstić information content (AvgIpc) is 2.72. The Hall–Kier alpha value is -2.62. The van der Waals surface area contributed by atoms with Crippen molar-refractivity contribution < 1.29 is 22.7 Å². The first kappa shape index (κ1) is 23.1. The number of benzene rings is 2. The Morgan fingerprint density at radius 3 is 2.42 bits per heavy atom. The smallest absolute Gasteiger partial charge is 0.270 e. The Balaban J connectivity index is 1.79. The fraction of sp³-hybridized carbons (Fsp3) is 0.409.